The highest BCUT2D eigenvalue weighted by Gasteiger charge is 2.30. The van der Waals surface area contributed by atoms with Crippen LogP contribution in [0.3, 0.4) is 0 Å². The van der Waals surface area contributed by atoms with Gasteiger partial charge in [0.1, 0.15) is 5.82 Å². The summed E-state index contributed by atoms with van der Waals surface area (Å²) in [5.41, 5.74) is 1.12. The number of ether oxygens (including phenoxy) is 3. The topological polar surface area (TPSA) is 86.9 Å². The third-order valence-electron chi connectivity index (χ3n) is 5.75. The van der Waals surface area contributed by atoms with Gasteiger partial charge in [0.05, 0.1) is 25.7 Å². The maximum Gasteiger partial charge on any atom is 0.254 e. The van der Waals surface area contributed by atoms with E-state index in [1.165, 1.54) is 12.1 Å². The van der Waals surface area contributed by atoms with Gasteiger partial charge in [-0.05, 0) is 70.0 Å². The first-order valence-corrected chi connectivity index (χ1v) is 12.0. The zero-order valence-corrected chi connectivity index (χ0v) is 20.3. The molecule has 1 aliphatic rings. The molecule has 1 fully saturated rings. The number of carbonyl (C=O) groups excluding carboxylic acids is 1. The second-order valence-corrected chi connectivity index (χ2v) is 8.14. The van der Waals surface area contributed by atoms with E-state index >= 15 is 0 Å². The van der Waals surface area contributed by atoms with Crippen LogP contribution in [0.1, 0.15) is 55.8 Å². The molecule has 35 heavy (non-hydrogen) atoms. The first kappa shape index (κ1) is 24.5. The third kappa shape index (κ3) is 5.55. The van der Waals surface area contributed by atoms with Crippen LogP contribution in [0.15, 0.2) is 40.8 Å². The molecule has 1 saturated heterocycles. The number of aromatic nitrogens is 2. The molecule has 186 valence electrons. The van der Waals surface area contributed by atoms with Gasteiger partial charge in [-0.25, -0.2) is 4.39 Å². The number of amides is 1. The number of benzene rings is 2. The minimum Gasteiger partial charge on any atom is -0.490 e. The van der Waals surface area contributed by atoms with Gasteiger partial charge in [0.15, 0.2) is 11.5 Å². The highest BCUT2D eigenvalue weighted by molar-refractivity contribution is 5.95. The molecule has 1 aliphatic heterocycles. The molecule has 1 amide bonds. The summed E-state index contributed by atoms with van der Waals surface area (Å²) in [4.78, 5) is 15.3. The number of nitrogens with zero attached hydrogens (tertiary/aromatic N) is 3. The number of hydrogen-bond acceptors (Lipinski definition) is 7. The van der Waals surface area contributed by atoms with Crippen molar-refractivity contribution in [1.82, 2.24) is 15.1 Å². The molecule has 2 aromatic carbocycles. The van der Waals surface area contributed by atoms with Gasteiger partial charge in [-0.1, -0.05) is 0 Å². The molecule has 9 heteroatoms. The monoisotopic (exact) mass is 483 g/mol. The molecule has 8 nitrogen and oxygen atoms in total. The Morgan fingerprint density at radius 2 is 1.69 bits per heavy atom. The lowest BCUT2D eigenvalue weighted by atomic mass is 9.97. The molecule has 0 radical (unpaired) electrons. The lowest BCUT2D eigenvalue weighted by molar-refractivity contribution is 0.0697. The van der Waals surface area contributed by atoms with Crippen LogP contribution in [0, 0.1) is 5.82 Å². The molecule has 1 atom stereocenters. The van der Waals surface area contributed by atoms with E-state index in [1.807, 2.05) is 20.8 Å². The van der Waals surface area contributed by atoms with E-state index in [0.717, 1.165) is 12.8 Å². The van der Waals surface area contributed by atoms with Crippen molar-refractivity contribution in [3.8, 4) is 28.7 Å². The summed E-state index contributed by atoms with van der Waals surface area (Å²) < 4.78 is 36.4. The normalized spacial score (nSPS) is 15.7. The van der Waals surface area contributed by atoms with Gasteiger partial charge in [0.25, 0.3) is 5.91 Å². The van der Waals surface area contributed by atoms with E-state index in [-0.39, 0.29) is 17.6 Å². The first-order chi connectivity index (χ1) is 17.0. The van der Waals surface area contributed by atoms with Crippen LogP contribution >= 0.6 is 0 Å². The number of piperidine rings is 1. The SMILES string of the molecule is CCOc1cc(C(=O)N2CCCC(c3nnc(-c4ccc(F)cc4)o3)C2)cc(OCC)c1OCC. The van der Waals surface area contributed by atoms with Crippen LogP contribution in [-0.4, -0.2) is 53.9 Å². The van der Waals surface area contributed by atoms with Crippen molar-refractivity contribution in [2.45, 2.75) is 39.5 Å². The second kappa shape index (κ2) is 11.2. The van der Waals surface area contributed by atoms with Crippen LogP contribution in [0.5, 0.6) is 17.2 Å². The van der Waals surface area contributed by atoms with Crippen LogP contribution in [0.2, 0.25) is 0 Å². The predicted octanol–water partition coefficient (Wildman–Crippen LogP) is 5.09. The van der Waals surface area contributed by atoms with Crippen molar-refractivity contribution in [2.24, 2.45) is 0 Å². The summed E-state index contributed by atoms with van der Waals surface area (Å²) in [6, 6.07) is 9.32. The number of halogens is 1. The van der Waals surface area contributed by atoms with Crippen molar-refractivity contribution >= 4 is 5.91 Å². The van der Waals surface area contributed by atoms with Gasteiger partial charge in [-0.15, -0.1) is 10.2 Å². The van der Waals surface area contributed by atoms with Crippen molar-refractivity contribution in [1.29, 1.82) is 0 Å². The van der Waals surface area contributed by atoms with Gasteiger partial charge in [-0.2, -0.15) is 0 Å². The van der Waals surface area contributed by atoms with Gasteiger partial charge in [0, 0.05) is 24.2 Å². The Balaban J connectivity index is 1.55. The average molecular weight is 484 g/mol. The standard InChI is InChI=1S/C26H30FN3O5/c1-4-32-21-14-19(15-22(33-5-2)23(21)34-6-3)26(31)30-13-7-8-18(16-30)25-29-28-24(35-25)17-9-11-20(27)12-10-17/h9-12,14-15,18H,4-8,13,16H2,1-3H3. The maximum absolute atomic E-state index is 13.5. The molecule has 0 aliphatic carbocycles. The Morgan fingerprint density at radius 3 is 2.31 bits per heavy atom. The summed E-state index contributed by atoms with van der Waals surface area (Å²) in [7, 11) is 0. The fourth-order valence-corrected chi connectivity index (χ4v) is 4.17. The van der Waals surface area contributed by atoms with E-state index in [9.17, 15) is 9.18 Å². The molecule has 0 saturated carbocycles. The molecule has 2 heterocycles. The van der Waals surface area contributed by atoms with E-state index in [2.05, 4.69) is 10.2 Å². The summed E-state index contributed by atoms with van der Waals surface area (Å²) in [5.74, 6) is 1.73. The number of carbonyl (C=O) groups is 1. The largest absolute Gasteiger partial charge is 0.490 e. The predicted molar refractivity (Wildman–Crippen MR) is 128 cm³/mol. The van der Waals surface area contributed by atoms with Crippen molar-refractivity contribution in [3.63, 3.8) is 0 Å². The van der Waals surface area contributed by atoms with Gasteiger partial charge < -0.3 is 23.5 Å². The molecule has 1 unspecified atom stereocenters. The lowest BCUT2D eigenvalue weighted by Crippen LogP contribution is -2.39. The van der Waals surface area contributed by atoms with E-state index in [0.29, 0.717) is 73.1 Å². The van der Waals surface area contributed by atoms with E-state index in [4.69, 9.17) is 18.6 Å². The summed E-state index contributed by atoms with van der Waals surface area (Å²) in [5, 5.41) is 8.33. The third-order valence-corrected chi connectivity index (χ3v) is 5.75. The summed E-state index contributed by atoms with van der Waals surface area (Å²) in [6.45, 7) is 8.03. The molecule has 0 bridgehead atoms. The Labute approximate surface area is 204 Å². The first-order valence-electron chi connectivity index (χ1n) is 12.0. The lowest BCUT2D eigenvalue weighted by Gasteiger charge is -2.31. The van der Waals surface area contributed by atoms with Crippen LogP contribution in [-0.2, 0) is 0 Å². The fourth-order valence-electron chi connectivity index (χ4n) is 4.17. The number of rotatable bonds is 9. The molecule has 0 N–H and O–H groups in total. The minimum atomic E-state index is -0.329. The minimum absolute atomic E-state index is 0.0881. The van der Waals surface area contributed by atoms with E-state index < -0.39 is 0 Å². The zero-order chi connectivity index (χ0) is 24.8. The number of hydrogen-bond donors (Lipinski definition) is 0. The zero-order valence-electron chi connectivity index (χ0n) is 20.3. The highest BCUT2D eigenvalue weighted by Crippen LogP contribution is 2.40. The van der Waals surface area contributed by atoms with Crippen molar-refractivity contribution < 1.29 is 27.8 Å². The fraction of sp³-hybridized carbons (Fsp3) is 0.423. The van der Waals surface area contributed by atoms with Gasteiger partial charge >= 0.3 is 0 Å². The molecule has 1 aromatic heterocycles. The summed E-state index contributed by atoms with van der Waals surface area (Å²) in [6.07, 6.45) is 1.63. The summed E-state index contributed by atoms with van der Waals surface area (Å²) >= 11 is 0. The van der Waals surface area contributed by atoms with Crippen LogP contribution in [0.4, 0.5) is 4.39 Å². The van der Waals surface area contributed by atoms with Crippen LogP contribution < -0.4 is 14.2 Å². The second-order valence-electron chi connectivity index (χ2n) is 8.14. The smallest absolute Gasteiger partial charge is 0.254 e. The molecule has 3 aromatic rings. The van der Waals surface area contributed by atoms with Crippen LogP contribution in [0.25, 0.3) is 11.5 Å². The maximum atomic E-state index is 13.5. The Hall–Kier alpha value is -3.62. The molecule has 4 rings (SSSR count). The molecule has 0 spiro atoms. The Bertz CT molecular complexity index is 1120. The Kier molecular flexibility index (Phi) is 7.84. The van der Waals surface area contributed by atoms with Gasteiger partial charge in [-0.3, -0.25) is 4.79 Å². The van der Waals surface area contributed by atoms with E-state index in [1.54, 1.807) is 29.2 Å². The highest BCUT2D eigenvalue weighted by atomic mass is 19.1. The quantitative estimate of drug-likeness (QED) is 0.419. The van der Waals surface area contributed by atoms with Crippen molar-refractivity contribution in [2.75, 3.05) is 32.9 Å². The van der Waals surface area contributed by atoms with Gasteiger partial charge in [0.2, 0.25) is 17.5 Å². The molecular weight excluding hydrogens is 453 g/mol. The van der Waals surface area contributed by atoms with Crippen molar-refractivity contribution in [3.05, 3.63) is 53.7 Å². The average Bonchev–Trinajstić information content (AvgIpc) is 3.36. The number of likely N-dealkylation sites (tertiary alicyclic amines) is 1. The Morgan fingerprint density at radius 1 is 1.03 bits per heavy atom. The molecular formula is C26H30FN3O5.